The van der Waals surface area contributed by atoms with E-state index < -0.39 is 6.04 Å². The van der Waals surface area contributed by atoms with Crippen LogP contribution in [0.3, 0.4) is 0 Å². The third-order valence-corrected chi connectivity index (χ3v) is 7.56. The van der Waals surface area contributed by atoms with Crippen LogP contribution in [0, 0.1) is 5.82 Å². The molecule has 0 spiro atoms. The van der Waals surface area contributed by atoms with Crippen molar-refractivity contribution in [1.29, 1.82) is 0 Å². The fourth-order valence-electron chi connectivity index (χ4n) is 4.11. The molecule has 5 nitrogen and oxygen atoms in total. The van der Waals surface area contributed by atoms with Crippen molar-refractivity contribution in [2.75, 3.05) is 0 Å². The zero-order valence-corrected chi connectivity index (χ0v) is 22.9. The summed E-state index contributed by atoms with van der Waals surface area (Å²) >= 11 is 14.3. The maximum absolute atomic E-state index is 13.4. The molecule has 1 N–H and O–H groups in total. The van der Waals surface area contributed by atoms with E-state index >= 15 is 0 Å². The number of nitrogens with zero attached hydrogens (tertiary/aromatic N) is 3. The molecule has 1 unspecified atom stereocenters. The zero-order valence-electron chi connectivity index (χ0n) is 20.6. The Balaban J connectivity index is 1.56. The SMILES string of the molecule is O=C(NC(Cc1ccccc1)c1nnc(SCc2ccc(F)cc2)n1-c1ccc(Cl)cc1Cl)c1ccccc1. The highest BCUT2D eigenvalue weighted by atomic mass is 35.5. The quantitative estimate of drug-likeness (QED) is 0.182. The minimum Gasteiger partial charge on any atom is -0.342 e. The third kappa shape index (κ3) is 6.68. The molecule has 0 saturated carbocycles. The maximum atomic E-state index is 13.4. The van der Waals surface area contributed by atoms with Gasteiger partial charge in [-0.3, -0.25) is 9.36 Å². The van der Waals surface area contributed by atoms with Gasteiger partial charge in [0.1, 0.15) is 5.82 Å². The highest BCUT2D eigenvalue weighted by Crippen LogP contribution is 2.33. The average Bonchev–Trinajstić information content (AvgIpc) is 3.37. The molecular formula is C30H23Cl2FN4OS. The highest BCUT2D eigenvalue weighted by molar-refractivity contribution is 7.98. The van der Waals surface area contributed by atoms with E-state index in [9.17, 15) is 9.18 Å². The predicted molar refractivity (Wildman–Crippen MR) is 154 cm³/mol. The van der Waals surface area contributed by atoms with Crippen molar-refractivity contribution < 1.29 is 9.18 Å². The van der Waals surface area contributed by atoms with Gasteiger partial charge in [0.2, 0.25) is 0 Å². The van der Waals surface area contributed by atoms with Crippen LogP contribution in [0.15, 0.2) is 108 Å². The number of hydrogen-bond acceptors (Lipinski definition) is 4. The molecule has 39 heavy (non-hydrogen) atoms. The summed E-state index contributed by atoms with van der Waals surface area (Å²) in [7, 11) is 0. The molecule has 0 bridgehead atoms. The van der Waals surface area contributed by atoms with Crippen LogP contribution in [0.1, 0.15) is 33.4 Å². The largest absolute Gasteiger partial charge is 0.342 e. The van der Waals surface area contributed by atoms with Crippen LogP contribution in [0.4, 0.5) is 4.39 Å². The molecule has 0 saturated heterocycles. The molecule has 0 aliphatic rings. The van der Waals surface area contributed by atoms with Crippen molar-refractivity contribution in [2.24, 2.45) is 0 Å². The predicted octanol–water partition coefficient (Wildman–Crippen LogP) is 7.72. The number of nitrogens with one attached hydrogen (secondary N) is 1. The van der Waals surface area contributed by atoms with E-state index in [2.05, 4.69) is 15.5 Å². The average molecular weight is 578 g/mol. The molecule has 9 heteroatoms. The molecule has 0 fully saturated rings. The minimum atomic E-state index is -0.528. The lowest BCUT2D eigenvalue weighted by molar-refractivity contribution is 0.0934. The minimum absolute atomic E-state index is 0.228. The normalized spacial score (nSPS) is 11.8. The van der Waals surface area contributed by atoms with Crippen LogP contribution in [0.2, 0.25) is 10.0 Å². The van der Waals surface area contributed by atoms with Crippen molar-refractivity contribution in [3.63, 3.8) is 0 Å². The maximum Gasteiger partial charge on any atom is 0.251 e. The Morgan fingerprint density at radius 1 is 0.872 bits per heavy atom. The fourth-order valence-corrected chi connectivity index (χ4v) is 5.51. The van der Waals surface area contributed by atoms with Gasteiger partial charge in [0.25, 0.3) is 5.91 Å². The highest BCUT2D eigenvalue weighted by Gasteiger charge is 2.26. The first-order chi connectivity index (χ1) is 19.0. The number of carbonyl (C=O) groups is 1. The van der Waals surface area contributed by atoms with Crippen molar-refractivity contribution in [1.82, 2.24) is 20.1 Å². The second-order valence-corrected chi connectivity index (χ2v) is 10.6. The van der Waals surface area contributed by atoms with Gasteiger partial charge in [-0.2, -0.15) is 0 Å². The summed E-state index contributed by atoms with van der Waals surface area (Å²) in [5.41, 5.74) is 3.12. The number of rotatable bonds is 9. The van der Waals surface area contributed by atoms with Crippen LogP contribution in [-0.2, 0) is 12.2 Å². The third-order valence-electron chi connectivity index (χ3n) is 6.03. The Kier molecular flexibility index (Phi) is 8.61. The summed E-state index contributed by atoms with van der Waals surface area (Å²) in [6, 6.07) is 29.9. The van der Waals surface area contributed by atoms with Gasteiger partial charge in [0.05, 0.1) is 16.8 Å². The lowest BCUT2D eigenvalue weighted by Crippen LogP contribution is -2.32. The number of amides is 1. The number of aromatic nitrogens is 3. The molecule has 4 aromatic carbocycles. The van der Waals surface area contributed by atoms with E-state index in [1.807, 2.05) is 53.1 Å². The zero-order chi connectivity index (χ0) is 27.2. The Morgan fingerprint density at radius 3 is 2.26 bits per heavy atom. The lowest BCUT2D eigenvalue weighted by Gasteiger charge is -2.21. The summed E-state index contributed by atoms with van der Waals surface area (Å²) in [6.07, 6.45) is 0.478. The van der Waals surface area contributed by atoms with Gasteiger partial charge in [-0.15, -0.1) is 10.2 Å². The molecule has 1 atom stereocenters. The molecular weight excluding hydrogens is 554 g/mol. The fraction of sp³-hybridized carbons (Fsp3) is 0.100. The molecule has 0 aliphatic heterocycles. The summed E-state index contributed by atoms with van der Waals surface area (Å²) in [4.78, 5) is 13.3. The van der Waals surface area contributed by atoms with Gasteiger partial charge >= 0.3 is 0 Å². The first-order valence-electron chi connectivity index (χ1n) is 12.2. The van der Waals surface area contributed by atoms with Gasteiger partial charge in [0.15, 0.2) is 11.0 Å². The van der Waals surface area contributed by atoms with Crippen LogP contribution in [-0.4, -0.2) is 20.7 Å². The van der Waals surface area contributed by atoms with E-state index in [4.69, 9.17) is 23.2 Å². The number of hydrogen-bond donors (Lipinski definition) is 1. The summed E-state index contributed by atoms with van der Waals surface area (Å²) < 4.78 is 15.3. The summed E-state index contributed by atoms with van der Waals surface area (Å²) in [6.45, 7) is 0. The first kappa shape index (κ1) is 26.9. The molecule has 0 radical (unpaired) electrons. The molecule has 5 rings (SSSR count). The van der Waals surface area contributed by atoms with Gasteiger partial charge in [-0.25, -0.2) is 4.39 Å². The number of thioether (sulfide) groups is 1. The van der Waals surface area contributed by atoms with Crippen molar-refractivity contribution >= 4 is 40.9 Å². The van der Waals surface area contributed by atoms with Crippen molar-refractivity contribution in [2.45, 2.75) is 23.4 Å². The monoisotopic (exact) mass is 576 g/mol. The number of halogens is 3. The number of benzene rings is 4. The molecule has 5 aromatic rings. The van der Waals surface area contributed by atoms with Gasteiger partial charge < -0.3 is 5.32 Å². The Hall–Kier alpha value is -3.65. The number of carbonyl (C=O) groups excluding carboxylic acids is 1. The lowest BCUT2D eigenvalue weighted by atomic mass is 10.0. The van der Waals surface area contributed by atoms with E-state index in [0.717, 1.165) is 11.1 Å². The molecule has 0 aliphatic carbocycles. The second-order valence-electron chi connectivity index (χ2n) is 8.77. The summed E-state index contributed by atoms with van der Waals surface area (Å²) in [5, 5.41) is 13.7. The Labute approximate surface area is 240 Å². The molecule has 1 heterocycles. The standard InChI is InChI=1S/C30H23Cl2FN4OS/c31-23-13-16-27(25(32)18-23)37-28(35-36-30(37)39-19-21-11-14-24(33)15-12-21)26(17-20-7-3-1-4-8-20)34-29(38)22-9-5-2-6-10-22/h1-16,18,26H,17,19H2,(H,34,38). The van der Waals surface area contributed by atoms with E-state index in [0.29, 0.717) is 44.5 Å². The van der Waals surface area contributed by atoms with Gasteiger partial charge in [0, 0.05) is 16.3 Å². The smallest absolute Gasteiger partial charge is 0.251 e. The second kappa shape index (κ2) is 12.5. The van der Waals surface area contributed by atoms with Crippen LogP contribution < -0.4 is 5.32 Å². The molecule has 1 amide bonds. The van der Waals surface area contributed by atoms with Crippen molar-refractivity contribution in [3.8, 4) is 5.69 Å². The van der Waals surface area contributed by atoms with Crippen LogP contribution in [0.25, 0.3) is 5.69 Å². The van der Waals surface area contributed by atoms with Gasteiger partial charge in [-0.05, 0) is 60.0 Å². The van der Waals surface area contributed by atoms with E-state index in [1.165, 1.54) is 23.9 Å². The first-order valence-corrected chi connectivity index (χ1v) is 13.9. The van der Waals surface area contributed by atoms with Crippen molar-refractivity contribution in [3.05, 3.63) is 142 Å². The van der Waals surface area contributed by atoms with Crippen LogP contribution >= 0.6 is 35.0 Å². The van der Waals surface area contributed by atoms with E-state index in [1.54, 1.807) is 42.5 Å². The summed E-state index contributed by atoms with van der Waals surface area (Å²) in [5.74, 6) is 0.534. The van der Waals surface area contributed by atoms with Gasteiger partial charge in [-0.1, -0.05) is 95.6 Å². The molecule has 1 aromatic heterocycles. The topological polar surface area (TPSA) is 59.8 Å². The Morgan fingerprint density at radius 2 is 1.56 bits per heavy atom. The van der Waals surface area contributed by atoms with Crippen LogP contribution in [0.5, 0.6) is 0 Å². The van der Waals surface area contributed by atoms with E-state index in [-0.39, 0.29) is 11.7 Å². The Bertz CT molecular complexity index is 1560. The molecule has 196 valence electrons.